The molecule has 0 unspecified atom stereocenters. The standard InChI is InChI=1S/C10H13N3O/c11-7-8-2-1-3-9(6-8)13-5-4-10(14)12-13/h1-3,6H,4-5,7,11H2,(H,12,14). The van der Waals surface area contributed by atoms with Gasteiger partial charge in [-0.15, -0.1) is 0 Å². The van der Waals surface area contributed by atoms with Gasteiger partial charge in [0.2, 0.25) is 5.91 Å². The van der Waals surface area contributed by atoms with Crippen molar-refractivity contribution >= 4 is 11.6 Å². The Morgan fingerprint density at radius 2 is 2.36 bits per heavy atom. The van der Waals surface area contributed by atoms with Gasteiger partial charge in [-0.3, -0.25) is 15.2 Å². The summed E-state index contributed by atoms with van der Waals surface area (Å²) in [5.41, 5.74) is 10.4. The van der Waals surface area contributed by atoms with Crippen LogP contribution in [-0.4, -0.2) is 12.5 Å². The van der Waals surface area contributed by atoms with Crippen LogP contribution >= 0.6 is 0 Å². The van der Waals surface area contributed by atoms with Gasteiger partial charge in [-0.1, -0.05) is 12.1 Å². The van der Waals surface area contributed by atoms with Crippen LogP contribution < -0.4 is 16.2 Å². The Kier molecular flexibility index (Phi) is 2.37. The van der Waals surface area contributed by atoms with Crippen molar-refractivity contribution in [3.8, 4) is 0 Å². The molecule has 1 saturated heterocycles. The summed E-state index contributed by atoms with van der Waals surface area (Å²) < 4.78 is 0. The second-order valence-electron chi connectivity index (χ2n) is 3.31. The number of carbonyl (C=O) groups excluding carboxylic acids is 1. The molecule has 2 rings (SSSR count). The van der Waals surface area contributed by atoms with E-state index >= 15 is 0 Å². The lowest BCUT2D eigenvalue weighted by molar-refractivity contribution is -0.119. The van der Waals surface area contributed by atoms with Crippen molar-refractivity contribution in [1.29, 1.82) is 0 Å². The highest BCUT2D eigenvalue weighted by Crippen LogP contribution is 2.16. The Labute approximate surface area is 82.7 Å². The van der Waals surface area contributed by atoms with Crippen LogP contribution in [-0.2, 0) is 11.3 Å². The van der Waals surface area contributed by atoms with Gasteiger partial charge in [-0.05, 0) is 17.7 Å². The van der Waals surface area contributed by atoms with Crippen LogP contribution in [0.4, 0.5) is 5.69 Å². The number of carbonyl (C=O) groups is 1. The predicted octanol–water partition coefficient (Wildman–Crippen LogP) is 0.387. The Morgan fingerprint density at radius 1 is 1.50 bits per heavy atom. The number of anilines is 1. The number of hydrogen-bond acceptors (Lipinski definition) is 3. The molecular formula is C10H13N3O. The first-order valence-corrected chi connectivity index (χ1v) is 4.65. The average molecular weight is 191 g/mol. The van der Waals surface area contributed by atoms with Crippen molar-refractivity contribution in [1.82, 2.24) is 5.43 Å². The Bertz CT molecular complexity index is 351. The Morgan fingerprint density at radius 3 is 3.00 bits per heavy atom. The van der Waals surface area contributed by atoms with E-state index in [2.05, 4.69) is 5.43 Å². The van der Waals surface area contributed by atoms with Crippen molar-refractivity contribution in [3.63, 3.8) is 0 Å². The minimum absolute atomic E-state index is 0.0724. The van der Waals surface area contributed by atoms with Gasteiger partial charge in [0.1, 0.15) is 0 Å². The van der Waals surface area contributed by atoms with E-state index in [0.717, 1.165) is 17.8 Å². The summed E-state index contributed by atoms with van der Waals surface area (Å²) in [5.74, 6) is 0.0724. The largest absolute Gasteiger partial charge is 0.326 e. The second kappa shape index (κ2) is 3.67. The molecule has 0 radical (unpaired) electrons. The summed E-state index contributed by atoms with van der Waals surface area (Å²) in [7, 11) is 0. The smallest absolute Gasteiger partial charge is 0.240 e. The molecular weight excluding hydrogens is 178 g/mol. The third-order valence-electron chi connectivity index (χ3n) is 2.28. The first-order chi connectivity index (χ1) is 6.79. The van der Waals surface area contributed by atoms with Crippen LogP contribution in [0.25, 0.3) is 0 Å². The van der Waals surface area contributed by atoms with Crippen LogP contribution in [0.1, 0.15) is 12.0 Å². The number of benzene rings is 1. The molecule has 1 aromatic rings. The van der Waals surface area contributed by atoms with E-state index in [9.17, 15) is 4.79 Å². The number of nitrogens with zero attached hydrogens (tertiary/aromatic N) is 1. The van der Waals surface area contributed by atoms with E-state index in [1.54, 1.807) is 0 Å². The van der Waals surface area contributed by atoms with E-state index in [1.807, 2.05) is 29.3 Å². The molecule has 0 saturated carbocycles. The summed E-state index contributed by atoms with van der Waals surface area (Å²) in [6.45, 7) is 1.25. The first-order valence-electron chi connectivity index (χ1n) is 4.65. The van der Waals surface area contributed by atoms with Crippen LogP contribution in [0, 0.1) is 0 Å². The lowest BCUT2D eigenvalue weighted by Gasteiger charge is -2.17. The topological polar surface area (TPSA) is 58.4 Å². The van der Waals surface area contributed by atoms with Crippen LogP contribution in [0.5, 0.6) is 0 Å². The highest BCUT2D eigenvalue weighted by Gasteiger charge is 2.18. The molecule has 4 nitrogen and oxygen atoms in total. The normalized spacial score (nSPS) is 15.8. The molecule has 1 aliphatic heterocycles. The van der Waals surface area contributed by atoms with Gasteiger partial charge in [0.15, 0.2) is 0 Å². The zero-order valence-corrected chi connectivity index (χ0v) is 7.86. The fourth-order valence-corrected chi connectivity index (χ4v) is 1.52. The first kappa shape index (κ1) is 9.02. The zero-order valence-electron chi connectivity index (χ0n) is 7.86. The number of nitrogens with one attached hydrogen (secondary N) is 1. The molecule has 3 N–H and O–H groups in total. The lowest BCUT2D eigenvalue weighted by atomic mass is 10.2. The Balaban J connectivity index is 2.19. The maximum absolute atomic E-state index is 11.0. The molecule has 1 aromatic carbocycles. The van der Waals surface area contributed by atoms with E-state index in [1.165, 1.54) is 0 Å². The van der Waals surface area contributed by atoms with Crippen molar-refractivity contribution in [2.75, 3.05) is 11.6 Å². The van der Waals surface area contributed by atoms with Gasteiger partial charge >= 0.3 is 0 Å². The van der Waals surface area contributed by atoms with Gasteiger partial charge < -0.3 is 5.73 Å². The monoisotopic (exact) mass is 191 g/mol. The van der Waals surface area contributed by atoms with Gasteiger partial charge in [-0.2, -0.15) is 0 Å². The molecule has 1 heterocycles. The molecule has 1 aliphatic rings. The van der Waals surface area contributed by atoms with E-state index in [0.29, 0.717) is 13.0 Å². The molecule has 0 atom stereocenters. The van der Waals surface area contributed by atoms with Crippen molar-refractivity contribution < 1.29 is 4.79 Å². The minimum Gasteiger partial charge on any atom is -0.326 e. The van der Waals surface area contributed by atoms with Gasteiger partial charge in [-0.25, -0.2) is 0 Å². The molecule has 0 aromatic heterocycles. The van der Waals surface area contributed by atoms with Gasteiger partial charge in [0.05, 0.1) is 5.69 Å². The lowest BCUT2D eigenvalue weighted by Crippen LogP contribution is -2.32. The van der Waals surface area contributed by atoms with Gasteiger partial charge in [0, 0.05) is 19.5 Å². The molecule has 1 amide bonds. The van der Waals surface area contributed by atoms with Crippen molar-refractivity contribution in [3.05, 3.63) is 29.8 Å². The second-order valence-corrected chi connectivity index (χ2v) is 3.31. The maximum Gasteiger partial charge on any atom is 0.240 e. The molecule has 0 aliphatic carbocycles. The molecule has 1 fully saturated rings. The van der Waals surface area contributed by atoms with Gasteiger partial charge in [0.25, 0.3) is 0 Å². The van der Waals surface area contributed by atoms with Crippen LogP contribution in [0.15, 0.2) is 24.3 Å². The van der Waals surface area contributed by atoms with Crippen LogP contribution in [0.2, 0.25) is 0 Å². The third kappa shape index (κ3) is 1.70. The quantitative estimate of drug-likeness (QED) is 0.710. The minimum atomic E-state index is 0.0724. The molecule has 0 spiro atoms. The zero-order chi connectivity index (χ0) is 9.97. The molecule has 74 valence electrons. The number of hydrazine groups is 1. The van der Waals surface area contributed by atoms with E-state index < -0.39 is 0 Å². The summed E-state index contributed by atoms with van der Waals surface area (Å²) in [5, 5.41) is 1.85. The highest BCUT2D eigenvalue weighted by molar-refractivity contribution is 5.81. The summed E-state index contributed by atoms with van der Waals surface area (Å²) in [6.07, 6.45) is 0.562. The summed E-state index contributed by atoms with van der Waals surface area (Å²) in [4.78, 5) is 11.0. The number of rotatable bonds is 2. The maximum atomic E-state index is 11.0. The van der Waals surface area contributed by atoms with E-state index in [-0.39, 0.29) is 5.91 Å². The Hall–Kier alpha value is -1.55. The van der Waals surface area contributed by atoms with E-state index in [4.69, 9.17) is 5.73 Å². The van der Waals surface area contributed by atoms with Crippen LogP contribution in [0.3, 0.4) is 0 Å². The SMILES string of the molecule is NCc1cccc(N2CCC(=O)N2)c1. The van der Waals surface area contributed by atoms with Crippen molar-refractivity contribution in [2.45, 2.75) is 13.0 Å². The fourth-order valence-electron chi connectivity index (χ4n) is 1.52. The number of hydrogen-bond donors (Lipinski definition) is 2. The van der Waals surface area contributed by atoms with Crippen molar-refractivity contribution in [2.24, 2.45) is 5.73 Å². The molecule has 4 heteroatoms. The highest BCUT2D eigenvalue weighted by atomic mass is 16.2. The average Bonchev–Trinajstić information content (AvgIpc) is 2.65. The predicted molar refractivity (Wildman–Crippen MR) is 54.4 cm³/mol. The third-order valence-corrected chi connectivity index (χ3v) is 2.28. The fraction of sp³-hybridized carbons (Fsp3) is 0.300. The summed E-state index contributed by atoms with van der Waals surface area (Å²) in [6, 6.07) is 7.87. The molecule has 0 bridgehead atoms. The number of nitrogens with two attached hydrogens (primary N) is 1. The summed E-state index contributed by atoms with van der Waals surface area (Å²) >= 11 is 0. The number of amides is 1. The molecule has 14 heavy (non-hydrogen) atoms.